The lowest BCUT2D eigenvalue weighted by molar-refractivity contribution is 0.263. The van der Waals surface area contributed by atoms with Crippen LogP contribution in [-0.2, 0) is 0 Å². The van der Waals surface area contributed by atoms with Gasteiger partial charge in [0.25, 0.3) is 5.56 Å². The maximum Gasteiger partial charge on any atom is 0.333 e. The van der Waals surface area contributed by atoms with Crippen LogP contribution >= 0.6 is 23.4 Å². The number of phenols is 1. The van der Waals surface area contributed by atoms with Gasteiger partial charge in [0.15, 0.2) is 0 Å². The number of nitrogens with one attached hydrogen (secondary N) is 1. The molecule has 1 saturated heterocycles. The first-order valence-corrected chi connectivity index (χ1v) is 14.0. The number of rotatable bonds is 5. The van der Waals surface area contributed by atoms with Crippen LogP contribution in [0.5, 0.6) is 5.75 Å². The van der Waals surface area contributed by atoms with E-state index in [1.807, 2.05) is 18.7 Å². The summed E-state index contributed by atoms with van der Waals surface area (Å²) >= 11 is 7.96. The molecule has 1 unspecified atom stereocenters. The van der Waals surface area contributed by atoms with Crippen LogP contribution in [-0.4, -0.2) is 36.8 Å². The Balaban J connectivity index is 1.41. The number of pyridine rings is 1. The molecule has 2 N–H and O–H groups in total. The molecule has 3 aromatic rings. The second-order valence-electron chi connectivity index (χ2n) is 9.79. The molecule has 7 nitrogen and oxygen atoms in total. The van der Waals surface area contributed by atoms with Gasteiger partial charge in [0, 0.05) is 34.8 Å². The number of halogens is 2. The molecule has 1 atom stereocenters. The minimum absolute atomic E-state index is 0.0460. The lowest BCUT2D eigenvalue weighted by Crippen LogP contribution is -2.46. The summed E-state index contributed by atoms with van der Waals surface area (Å²) in [7, 11) is 0. The van der Waals surface area contributed by atoms with E-state index in [-0.39, 0.29) is 46.6 Å². The zero-order valence-corrected chi connectivity index (χ0v) is 21.7. The van der Waals surface area contributed by atoms with E-state index in [4.69, 9.17) is 11.6 Å². The highest BCUT2D eigenvalue weighted by Gasteiger charge is 2.30. The van der Waals surface area contributed by atoms with Crippen molar-refractivity contribution in [3.05, 3.63) is 67.7 Å². The van der Waals surface area contributed by atoms with Gasteiger partial charge in [0.1, 0.15) is 17.2 Å². The number of nitrogens with zero attached hydrogens (tertiary/aromatic N) is 3. The van der Waals surface area contributed by atoms with Crippen molar-refractivity contribution < 1.29 is 9.50 Å². The zero-order chi connectivity index (χ0) is 25.4. The van der Waals surface area contributed by atoms with Crippen molar-refractivity contribution in [3.8, 4) is 5.75 Å². The van der Waals surface area contributed by atoms with E-state index >= 15 is 0 Å². The first-order valence-electron chi connectivity index (χ1n) is 12.5. The summed E-state index contributed by atoms with van der Waals surface area (Å²) in [5.74, 6) is 1.49. The average Bonchev–Trinajstić information content (AvgIpc) is 2.87. The van der Waals surface area contributed by atoms with Gasteiger partial charge in [-0.25, -0.2) is 14.2 Å². The molecule has 1 aromatic carbocycles. The molecular weight excluding hydrogens is 503 g/mol. The van der Waals surface area contributed by atoms with Crippen molar-refractivity contribution in [3.63, 3.8) is 0 Å². The van der Waals surface area contributed by atoms with Gasteiger partial charge in [0.05, 0.1) is 11.6 Å². The maximum absolute atomic E-state index is 14.1. The summed E-state index contributed by atoms with van der Waals surface area (Å²) in [6.07, 6.45) is 5.55. The van der Waals surface area contributed by atoms with E-state index in [9.17, 15) is 19.1 Å². The van der Waals surface area contributed by atoms with Crippen LogP contribution in [0.4, 0.5) is 4.39 Å². The molecule has 5 rings (SSSR count). The van der Waals surface area contributed by atoms with E-state index in [2.05, 4.69) is 10.3 Å². The number of hydrogen-bond acceptors (Lipinski definition) is 6. The number of benzene rings is 1. The molecule has 2 fully saturated rings. The summed E-state index contributed by atoms with van der Waals surface area (Å²) in [5.41, 5.74) is 0.220. The van der Waals surface area contributed by atoms with Gasteiger partial charge in [-0.15, -0.1) is 0 Å². The van der Waals surface area contributed by atoms with E-state index in [0.29, 0.717) is 17.9 Å². The molecule has 0 bridgehead atoms. The smallest absolute Gasteiger partial charge is 0.333 e. The highest BCUT2D eigenvalue weighted by molar-refractivity contribution is 7.99. The standard InChI is InChI=1S/C26H30ClFN4O3S/c1-15(21-12-16(27)2-7-23(21)33)30-18-3-5-19(6-4-18)32-25(34)22-13-17(28)14-29-24(22)31(26(32)35)20-8-10-36-11-9-20/h2,7,12-15,18-20,30,33H,3-6,8-11H2,1H3. The summed E-state index contributed by atoms with van der Waals surface area (Å²) in [6.45, 7) is 1.98. The summed E-state index contributed by atoms with van der Waals surface area (Å²) in [5, 5.41) is 14.5. The number of aromatic hydroxyl groups is 1. The van der Waals surface area contributed by atoms with Crippen molar-refractivity contribution in [1.29, 1.82) is 0 Å². The molecule has 3 heterocycles. The van der Waals surface area contributed by atoms with Crippen LogP contribution in [0.25, 0.3) is 11.0 Å². The quantitative estimate of drug-likeness (QED) is 0.483. The van der Waals surface area contributed by atoms with E-state index < -0.39 is 11.4 Å². The Labute approximate surface area is 217 Å². The Morgan fingerprint density at radius 1 is 1.08 bits per heavy atom. The van der Waals surface area contributed by atoms with Crippen molar-refractivity contribution in [1.82, 2.24) is 19.4 Å². The number of phenolic OH excluding ortho intramolecular Hbond substituents is 1. The fourth-order valence-electron chi connectivity index (χ4n) is 5.62. The van der Waals surface area contributed by atoms with Crippen LogP contribution in [0, 0.1) is 5.82 Å². The van der Waals surface area contributed by atoms with Gasteiger partial charge in [0.2, 0.25) is 0 Å². The first-order chi connectivity index (χ1) is 17.3. The molecule has 10 heteroatoms. The fourth-order valence-corrected chi connectivity index (χ4v) is 6.88. The maximum atomic E-state index is 14.1. The largest absolute Gasteiger partial charge is 0.508 e. The molecule has 1 aliphatic carbocycles. The minimum Gasteiger partial charge on any atom is -0.508 e. The number of thioether (sulfide) groups is 1. The molecular formula is C26H30ClFN4O3S. The van der Waals surface area contributed by atoms with Crippen molar-refractivity contribution in [2.75, 3.05) is 11.5 Å². The van der Waals surface area contributed by atoms with Crippen LogP contribution in [0.1, 0.15) is 69.1 Å². The fraction of sp³-hybridized carbons (Fsp3) is 0.500. The van der Waals surface area contributed by atoms with Crippen molar-refractivity contribution in [2.24, 2.45) is 0 Å². The average molecular weight is 533 g/mol. The number of hydrogen-bond donors (Lipinski definition) is 2. The molecule has 192 valence electrons. The van der Waals surface area contributed by atoms with Gasteiger partial charge in [-0.2, -0.15) is 11.8 Å². The van der Waals surface area contributed by atoms with Crippen LogP contribution < -0.4 is 16.6 Å². The van der Waals surface area contributed by atoms with E-state index in [0.717, 1.165) is 48.9 Å². The second-order valence-corrected chi connectivity index (χ2v) is 11.5. The topological polar surface area (TPSA) is 89.2 Å². The molecule has 0 amide bonds. The lowest BCUT2D eigenvalue weighted by atomic mass is 9.90. The molecule has 36 heavy (non-hydrogen) atoms. The highest BCUT2D eigenvalue weighted by atomic mass is 35.5. The third kappa shape index (κ3) is 4.93. The van der Waals surface area contributed by atoms with E-state index in [1.54, 1.807) is 22.8 Å². The molecule has 2 aromatic heterocycles. The number of aromatic nitrogens is 3. The van der Waals surface area contributed by atoms with Crippen molar-refractivity contribution in [2.45, 2.75) is 69.6 Å². The highest BCUT2D eigenvalue weighted by Crippen LogP contribution is 2.32. The Morgan fingerprint density at radius 2 is 1.78 bits per heavy atom. The monoisotopic (exact) mass is 532 g/mol. The molecule has 2 aliphatic rings. The second kappa shape index (κ2) is 10.6. The molecule has 0 radical (unpaired) electrons. The summed E-state index contributed by atoms with van der Waals surface area (Å²) in [6, 6.07) is 5.97. The first kappa shape index (κ1) is 25.3. The predicted molar refractivity (Wildman–Crippen MR) is 142 cm³/mol. The Hall–Kier alpha value is -2.36. The summed E-state index contributed by atoms with van der Waals surface area (Å²) in [4.78, 5) is 31.3. The Bertz CT molecular complexity index is 1380. The molecule has 0 spiro atoms. The van der Waals surface area contributed by atoms with Crippen LogP contribution in [0.15, 0.2) is 40.1 Å². The third-order valence-corrected chi connectivity index (χ3v) is 8.77. The number of fused-ring (bicyclic) bond motifs is 1. The molecule has 1 aliphatic heterocycles. The van der Waals surface area contributed by atoms with E-state index in [1.165, 1.54) is 10.6 Å². The van der Waals surface area contributed by atoms with Gasteiger partial charge in [-0.1, -0.05) is 11.6 Å². The van der Waals surface area contributed by atoms with Gasteiger partial charge in [-0.3, -0.25) is 13.9 Å². The van der Waals surface area contributed by atoms with Crippen molar-refractivity contribution >= 4 is 34.4 Å². The van der Waals surface area contributed by atoms with Gasteiger partial charge >= 0.3 is 5.69 Å². The third-order valence-electron chi connectivity index (χ3n) is 7.48. The summed E-state index contributed by atoms with van der Waals surface area (Å²) < 4.78 is 17.1. The van der Waals surface area contributed by atoms with Gasteiger partial charge in [-0.05, 0) is 81.2 Å². The Kier molecular flexibility index (Phi) is 7.42. The Morgan fingerprint density at radius 3 is 2.50 bits per heavy atom. The predicted octanol–water partition coefficient (Wildman–Crippen LogP) is 4.96. The lowest BCUT2D eigenvalue weighted by Gasteiger charge is -2.33. The minimum atomic E-state index is -0.582. The van der Waals surface area contributed by atoms with Crippen LogP contribution in [0.2, 0.25) is 5.02 Å². The normalized spacial score (nSPS) is 22.1. The SMILES string of the molecule is CC(NC1CCC(n2c(=O)c3cc(F)cnc3n(C3CCSCC3)c2=O)CC1)c1cc(Cl)ccc1O. The zero-order valence-electron chi connectivity index (χ0n) is 20.1. The van der Waals surface area contributed by atoms with Crippen LogP contribution in [0.3, 0.4) is 0 Å². The molecule has 1 saturated carbocycles. The van der Waals surface area contributed by atoms with Gasteiger partial charge < -0.3 is 10.4 Å².